The number of methoxy groups -OCH3 is 1. The molecule has 6 heteroatoms. The van der Waals surface area contributed by atoms with Crippen LogP contribution in [0.4, 0.5) is 0 Å². The molecule has 3 rings (SSSR count). The molecule has 0 fully saturated rings. The average molecular weight is 354 g/mol. The lowest BCUT2D eigenvalue weighted by molar-refractivity contribution is -0.132. The number of nitrogens with one attached hydrogen (secondary N) is 1. The van der Waals surface area contributed by atoms with E-state index in [0.717, 1.165) is 17.7 Å². The van der Waals surface area contributed by atoms with E-state index in [1.54, 1.807) is 31.1 Å². The lowest BCUT2D eigenvalue weighted by Gasteiger charge is -2.29. The van der Waals surface area contributed by atoms with E-state index in [4.69, 9.17) is 9.15 Å². The summed E-state index contributed by atoms with van der Waals surface area (Å²) in [7, 11) is 1.64. The Kier molecular flexibility index (Phi) is 5.41. The third kappa shape index (κ3) is 3.96. The number of ether oxygens (including phenoxy) is 1. The summed E-state index contributed by atoms with van der Waals surface area (Å²) in [6.07, 6.45) is 4.26. The molecule has 0 saturated carbocycles. The van der Waals surface area contributed by atoms with E-state index in [0.29, 0.717) is 13.1 Å². The van der Waals surface area contributed by atoms with Gasteiger partial charge in [-0.05, 0) is 48.7 Å². The summed E-state index contributed by atoms with van der Waals surface area (Å²) < 4.78 is 10.2. The van der Waals surface area contributed by atoms with Crippen LogP contribution in [0.5, 0.6) is 5.75 Å². The van der Waals surface area contributed by atoms with Gasteiger partial charge in [0.05, 0.1) is 13.4 Å². The molecule has 0 saturated heterocycles. The highest BCUT2D eigenvalue weighted by molar-refractivity contribution is 5.95. The second-order valence-electron chi connectivity index (χ2n) is 6.16. The third-order valence-electron chi connectivity index (χ3n) is 4.44. The molecule has 2 amide bonds. The zero-order valence-electron chi connectivity index (χ0n) is 14.9. The number of amides is 2. The molecule has 0 spiro atoms. The molecule has 1 aromatic carbocycles. The molecule has 1 aliphatic heterocycles. The standard InChI is InChI=1S/C20H22N2O4/c1-14(21-19(23)18-4-3-13-26-18)20(24)22-11-9-16(10-12-22)15-5-7-17(25-2)8-6-15/h3-9,13-14H,10-12H2,1-2H3,(H,21,23). The first-order chi connectivity index (χ1) is 12.6. The Labute approximate surface area is 152 Å². The summed E-state index contributed by atoms with van der Waals surface area (Å²) in [6, 6.07) is 10.5. The Morgan fingerprint density at radius 2 is 2.00 bits per heavy atom. The minimum absolute atomic E-state index is 0.102. The summed E-state index contributed by atoms with van der Waals surface area (Å²) in [5, 5.41) is 2.68. The van der Waals surface area contributed by atoms with Gasteiger partial charge in [0.25, 0.3) is 5.91 Å². The highest BCUT2D eigenvalue weighted by Gasteiger charge is 2.24. The molecule has 1 aromatic heterocycles. The number of carbonyl (C=O) groups is 2. The van der Waals surface area contributed by atoms with Crippen LogP contribution in [0.25, 0.3) is 5.57 Å². The number of nitrogens with zero attached hydrogens (tertiary/aromatic N) is 1. The second kappa shape index (κ2) is 7.91. The number of carbonyl (C=O) groups excluding carboxylic acids is 2. The molecule has 1 unspecified atom stereocenters. The maximum Gasteiger partial charge on any atom is 0.287 e. The molecule has 1 atom stereocenters. The molecule has 0 aliphatic carbocycles. The van der Waals surface area contributed by atoms with E-state index in [1.807, 2.05) is 24.3 Å². The van der Waals surface area contributed by atoms with Crippen LogP contribution in [0.1, 0.15) is 29.5 Å². The third-order valence-corrected chi connectivity index (χ3v) is 4.44. The first kappa shape index (κ1) is 17.8. The molecule has 0 bridgehead atoms. The van der Waals surface area contributed by atoms with Crippen molar-refractivity contribution in [2.75, 3.05) is 20.2 Å². The van der Waals surface area contributed by atoms with Gasteiger partial charge in [0.15, 0.2) is 5.76 Å². The molecule has 136 valence electrons. The molecular formula is C20H22N2O4. The van der Waals surface area contributed by atoms with E-state index in [9.17, 15) is 9.59 Å². The van der Waals surface area contributed by atoms with Crippen molar-refractivity contribution in [1.82, 2.24) is 10.2 Å². The molecule has 2 heterocycles. The smallest absolute Gasteiger partial charge is 0.287 e. The zero-order valence-corrected chi connectivity index (χ0v) is 14.9. The van der Waals surface area contributed by atoms with E-state index >= 15 is 0 Å². The van der Waals surface area contributed by atoms with Crippen LogP contribution in [-0.4, -0.2) is 43.0 Å². The van der Waals surface area contributed by atoms with Crippen LogP contribution in [0.15, 0.2) is 53.2 Å². The first-order valence-electron chi connectivity index (χ1n) is 8.55. The number of rotatable bonds is 5. The van der Waals surface area contributed by atoms with Gasteiger partial charge >= 0.3 is 0 Å². The highest BCUT2D eigenvalue weighted by Crippen LogP contribution is 2.24. The molecule has 0 radical (unpaired) electrons. The van der Waals surface area contributed by atoms with Crippen molar-refractivity contribution < 1.29 is 18.7 Å². The average Bonchev–Trinajstić information content (AvgIpc) is 3.22. The summed E-state index contributed by atoms with van der Waals surface area (Å²) in [6.45, 7) is 2.84. The van der Waals surface area contributed by atoms with Crippen LogP contribution in [0.3, 0.4) is 0 Å². The van der Waals surface area contributed by atoms with Gasteiger partial charge in [0.2, 0.25) is 5.91 Å². The fraction of sp³-hybridized carbons (Fsp3) is 0.300. The quantitative estimate of drug-likeness (QED) is 0.896. The van der Waals surface area contributed by atoms with Crippen LogP contribution in [-0.2, 0) is 4.79 Å². The maximum absolute atomic E-state index is 12.6. The molecule has 26 heavy (non-hydrogen) atoms. The summed E-state index contributed by atoms with van der Waals surface area (Å²) in [4.78, 5) is 26.3. The van der Waals surface area contributed by atoms with Gasteiger partial charge in [-0.1, -0.05) is 18.2 Å². The van der Waals surface area contributed by atoms with Crippen molar-refractivity contribution in [3.05, 3.63) is 60.1 Å². The topological polar surface area (TPSA) is 71.8 Å². The van der Waals surface area contributed by atoms with E-state index < -0.39 is 6.04 Å². The summed E-state index contributed by atoms with van der Waals surface area (Å²) in [5.74, 6) is 0.533. The molecule has 6 nitrogen and oxygen atoms in total. The van der Waals surface area contributed by atoms with Gasteiger partial charge in [0.1, 0.15) is 11.8 Å². The van der Waals surface area contributed by atoms with Gasteiger partial charge in [-0.25, -0.2) is 0 Å². The molecular weight excluding hydrogens is 332 g/mol. The van der Waals surface area contributed by atoms with Crippen molar-refractivity contribution in [2.45, 2.75) is 19.4 Å². The van der Waals surface area contributed by atoms with Crippen molar-refractivity contribution in [1.29, 1.82) is 0 Å². The number of hydrogen-bond acceptors (Lipinski definition) is 4. The van der Waals surface area contributed by atoms with Crippen molar-refractivity contribution in [2.24, 2.45) is 0 Å². The van der Waals surface area contributed by atoms with Crippen LogP contribution in [0, 0.1) is 0 Å². The molecule has 1 N–H and O–H groups in total. The predicted molar refractivity (Wildman–Crippen MR) is 97.8 cm³/mol. The Balaban J connectivity index is 1.58. The molecule has 1 aliphatic rings. The Bertz CT molecular complexity index is 794. The maximum atomic E-state index is 12.6. The van der Waals surface area contributed by atoms with Crippen LogP contribution < -0.4 is 10.1 Å². The number of furan rings is 1. The number of hydrogen-bond donors (Lipinski definition) is 1. The van der Waals surface area contributed by atoms with Crippen molar-refractivity contribution >= 4 is 17.4 Å². The number of benzene rings is 1. The predicted octanol–water partition coefficient (Wildman–Crippen LogP) is 2.72. The fourth-order valence-corrected chi connectivity index (χ4v) is 2.95. The van der Waals surface area contributed by atoms with Gasteiger partial charge in [-0.2, -0.15) is 0 Å². The zero-order chi connectivity index (χ0) is 18.5. The first-order valence-corrected chi connectivity index (χ1v) is 8.55. The highest BCUT2D eigenvalue weighted by atomic mass is 16.5. The van der Waals surface area contributed by atoms with Crippen LogP contribution >= 0.6 is 0 Å². The van der Waals surface area contributed by atoms with E-state index in [2.05, 4.69) is 11.4 Å². The normalized spacial score (nSPS) is 15.2. The van der Waals surface area contributed by atoms with E-state index in [1.165, 1.54) is 11.8 Å². The van der Waals surface area contributed by atoms with E-state index in [-0.39, 0.29) is 17.6 Å². The largest absolute Gasteiger partial charge is 0.497 e. The summed E-state index contributed by atoms with van der Waals surface area (Å²) >= 11 is 0. The summed E-state index contributed by atoms with van der Waals surface area (Å²) in [5.41, 5.74) is 2.35. The lowest BCUT2D eigenvalue weighted by Crippen LogP contribution is -2.48. The minimum Gasteiger partial charge on any atom is -0.497 e. The van der Waals surface area contributed by atoms with Crippen LogP contribution in [0.2, 0.25) is 0 Å². The van der Waals surface area contributed by atoms with Gasteiger partial charge in [0, 0.05) is 13.1 Å². The SMILES string of the molecule is COc1ccc(C2=CCN(C(=O)C(C)NC(=O)c3ccco3)CC2)cc1. The van der Waals surface area contributed by atoms with Gasteiger partial charge in [-0.15, -0.1) is 0 Å². The van der Waals surface area contributed by atoms with Crippen molar-refractivity contribution in [3.8, 4) is 5.75 Å². The van der Waals surface area contributed by atoms with Crippen molar-refractivity contribution in [3.63, 3.8) is 0 Å². The Hall–Kier alpha value is -3.02. The molecule has 2 aromatic rings. The lowest BCUT2D eigenvalue weighted by atomic mass is 9.99. The minimum atomic E-state index is -0.608. The van der Waals surface area contributed by atoms with Gasteiger partial charge < -0.3 is 19.4 Å². The Morgan fingerprint density at radius 3 is 2.58 bits per heavy atom. The second-order valence-corrected chi connectivity index (χ2v) is 6.16. The Morgan fingerprint density at radius 1 is 1.23 bits per heavy atom. The van der Waals surface area contributed by atoms with Gasteiger partial charge in [-0.3, -0.25) is 9.59 Å². The fourth-order valence-electron chi connectivity index (χ4n) is 2.95. The monoisotopic (exact) mass is 354 g/mol.